The molecule has 0 aliphatic carbocycles. The average Bonchev–Trinajstić information content (AvgIpc) is 3.39. The van der Waals surface area contributed by atoms with Crippen molar-refractivity contribution in [2.45, 2.75) is 51.0 Å². The molecule has 1 aromatic heterocycles. The van der Waals surface area contributed by atoms with E-state index in [2.05, 4.69) is 5.10 Å². The minimum Gasteiger partial charge on any atom is -0.480 e. The van der Waals surface area contributed by atoms with Crippen LogP contribution in [0.25, 0.3) is 5.69 Å². The molecule has 1 aliphatic rings. The number of hydrogen-bond donors (Lipinski definition) is 0. The first kappa shape index (κ1) is 25.7. The lowest BCUT2D eigenvalue weighted by Crippen LogP contribution is -2.33. The number of halogens is 4. The van der Waals surface area contributed by atoms with E-state index in [1.54, 1.807) is 31.3 Å². The summed E-state index contributed by atoms with van der Waals surface area (Å²) >= 11 is 0. The van der Waals surface area contributed by atoms with Gasteiger partial charge in [0.1, 0.15) is 11.4 Å². The molecule has 192 valence electrons. The summed E-state index contributed by atoms with van der Waals surface area (Å²) in [5.41, 5.74) is 1.52. The highest BCUT2D eigenvalue weighted by molar-refractivity contribution is 7.91. The molecule has 1 aliphatic heterocycles. The van der Waals surface area contributed by atoms with Gasteiger partial charge in [-0.1, -0.05) is 19.1 Å². The molecule has 1 amide bonds. The van der Waals surface area contributed by atoms with Gasteiger partial charge in [-0.2, -0.15) is 18.3 Å². The first-order valence-corrected chi connectivity index (χ1v) is 12.7. The van der Waals surface area contributed by atoms with Crippen molar-refractivity contribution in [3.05, 3.63) is 70.8 Å². The summed E-state index contributed by atoms with van der Waals surface area (Å²) in [7, 11) is -3.74. The van der Waals surface area contributed by atoms with Crippen molar-refractivity contribution in [3.63, 3.8) is 0 Å². The smallest absolute Gasteiger partial charge is 0.425 e. The zero-order valence-corrected chi connectivity index (χ0v) is 20.5. The quantitative estimate of drug-likeness (QED) is 0.440. The molecule has 36 heavy (non-hydrogen) atoms. The number of aryl methyl sites for hydroxylation is 1. The van der Waals surface area contributed by atoms with E-state index in [0.29, 0.717) is 16.8 Å². The van der Waals surface area contributed by atoms with Crippen LogP contribution in [0.5, 0.6) is 5.75 Å². The van der Waals surface area contributed by atoms with Gasteiger partial charge >= 0.3 is 6.18 Å². The van der Waals surface area contributed by atoms with Crippen LogP contribution >= 0.6 is 0 Å². The topological polar surface area (TPSA) is 81.5 Å². The number of ether oxygens (including phenoxy) is 1. The van der Waals surface area contributed by atoms with Crippen LogP contribution in [0.2, 0.25) is 0 Å². The van der Waals surface area contributed by atoms with Crippen LogP contribution in [0.4, 0.5) is 17.6 Å². The summed E-state index contributed by atoms with van der Waals surface area (Å²) in [6.45, 7) is 3.91. The Bertz CT molecular complexity index is 1410. The standard InChI is InChI=1S/C24H23F4N3O4S/c1-4-36(33,34)17-8-9-21(35-15(3)24(26,27)28)18(10-17)23(32)30-11-16-12-31(29-19(16)13-30)20-7-5-6-14(2)22(20)25/h5-10,12,15H,4,11,13H2,1-3H3/t15-/m0/s1. The van der Waals surface area contributed by atoms with Crippen molar-refractivity contribution in [3.8, 4) is 11.4 Å². The predicted molar refractivity (Wildman–Crippen MR) is 122 cm³/mol. The van der Waals surface area contributed by atoms with Gasteiger partial charge in [0, 0.05) is 18.3 Å². The van der Waals surface area contributed by atoms with Crippen molar-refractivity contribution in [1.82, 2.24) is 14.7 Å². The lowest BCUT2D eigenvalue weighted by Gasteiger charge is -2.22. The molecule has 0 saturated heterocycles. The Balaban J connectivity index is 1.65. The van der Waals surface area contributed by atoms with E-state index in [1.165, 1.54) is 16.5 Å². The van der Waals surface area contributed by atoms with Crippen LogP contribution in [0.1, 0.15) is 41.0 Å². The van der Waals surface area contributed by atoms with Gasteiger partial charge in [-0.25, -0.2) is 17.5 Å². The largest absolute Gasteiger partial charge is 0.480 e. The molecule has 0 fully saturated rings. The minimum absolute atomic E-state index is 0.00756. The maximum absolute atomic E-state index is 14.5. The molecular formula is C24H23F4N3O4S. The number of carbonyl (C=O) groups is 1. The third-order valence-corrected chi connectivity index (χ3v) is 7.70. The van der Waals surface area contributed by atoms with Gasteiger partial charge in [0.2, 0.25) is 0 Å². The number of benzene rings is 2. The fourth-order valence-electron chi connectivity index (χ4n) is 3.80. The van der Waals surface area contributed by atoms with E-state index in [1.807, 2.05) is 0 Å². The maximum Gasteiger partial charge on any atom is 0.425 e. The molecule has 2 heterocycles. The van der Waals surface area contributed by atoms with Crippen molar-refractivity contribution < 1.29 is 35.5 Å². The van der Waals surface area contributed by atoms with Crippen molar-refractivity contribution >= 4 is 15.7 Å². The molecule has 0 unspecified atom stereocenters. The van der Waals surface area contributed by atoms with Crippen LogP contribution in [0.3, 0.4) is 0 Å². The zero-order valence-electron chi connectivity index (χ0n) is 19.6. The highest BCUT2D eigenvalue weighted by Gasteiger charge is 2.39. The van der Waals surface area contributed by atoms with Crippen LogP contribution < -0.4 is 4.74 Å². The normalized spacial score (nSPS) is 14.6. The molecule has 2 aromatic carbocycles. The van der Waals surface area contributed by atoms with Gasteiger partial charge < -0.3 is 9.64 Å². The van der Waals surface area contributed by atoms with Crippen molar-refractivity contribution in [2.24, 2.45) is 0 Å². The molecular weight excluding hydrogens is 502 g/mol. The molecule has 0 N–H and O–H groups in total. The van der Waals surface area contributed by atoms with Crippen molar-refractivity contribution in [2.75, 3.05) is 5.75 Å². The van der Waals surface area contributed by atoms with Gasteiger partial charge in [0.05, 0.1) is 28.5 Å². The van der Waals surface area contributed by atoms with E-state index < -0.39 is 33.8 Å². The molecule has 1 atom stereocenters. The van der Waals surface area contributed by atoms with Gasteiger partial charge in [0.25, 0.3) is 5.91 Å². The summed E-state index contributed by atoms with van der Waals surface area (Å²) in [5.74, 6) is -1.77. The first-order valence-electron chi connectivity index (χ1n) is 11.0. The number of rotatable bonds is 6. The number of aromatic nitrogens is 2. The predicted octanol–water partition coefficient (Wildman–Crippen LogP) is 4.60. The van der Waals surface area contributed by atoms with Gasteiger partial charge in [0.15, 0.2) is 21.8 Å². The van der Waals surface area contributed by atoms with E-state index in [0.717, 1.165) is 25.1 Å². The monoisotopic (exact) mass is 525 g/mol. The van der Waals surface area contributed by atoms with Gasteiger partial charge in [-0.3, -0.25) is 4.79 Å². The van der Waals surface area contributed by atoms with E-state index in [4.69, 9.17) is 4.74 Å². The molecule has 3 aromatic rings. The Hall–Kier alpha value is -3.41. The van der Waals surface area contributed by atoms with E-state index in [9.17, 15) is 30.8 Å². The number of carbonyl (C=O) groups excluding carboxylic acids is 1. The highest BCUT2D eigenvalue weighted by atomic mass is 32.2. The lowest BCUT2D eigenvalue weighted by molar-refractivity contribution is -0.189. The summed E-state index contributed by atoms with van der Waals surface area (Å²) in [4.78, 5) is 14.5. The van der Waals surface area contributed by atoms with Crippen LogP contribution in [0, 0.1) is 12.7 Å². The second kappa shape index (κ2) is 9.23. The first-order chi connectivity index (χ1) is 16.8. The van der Waals surface area contributed by atoms with Crippen LogP contribution in [-0.4, -0.2) is 47.0 Å². The van der Waals surface area contributed by atoms with Crippen LogP contribution in [0.15, 0.2) is 47.5 Å². The third-order valence-electron chi connectivity index (χ3n) is 5.97. The Morgan fingerprint density at radius 3 is 2.56 bits per heavy atom. The fraction of sp³-hybridized carbons (Fsp3) is 0.333. The average molecular weight is 526 g/mol. The van der Waals surface area contributed by atoms with Crippen molar-refractivity contribution in [1.29, 1.82) is 0 Å². The number of sulfone groups is 1. The van der Waals surface area contributed by atoms with E-state index >= 15 is 0 Å². The summed E-state index contributed by atoms with van der Waals surface area (Å²) in [6, 6.07) is 8.11. The molecule has 12 heteroatoms. The number of hydrogen-bond acceptors (Lipinski definition) is 5. The molecule has 0 saturated carbocycles. The number of nitrogens with zero attached hydrogens (tertiary/aromatic N) is 3. The van der Waals surface area contributed by atoms with Gasteiger partial charge in [-0.15, -0.1) is 0 Å². The Labute approximate surface area is 205 Å². The number of alkyl halides is 3. The molecule has 0 radical (unpaired) electrons. The summed E-state index contributed by atoms with van der Waals surface area (Å²) < 4.78 is 84.9. The molecule has 7 nitrogen and oxygen atoms in total. The molecule has 4 rings (SSSR count). The Morgan fingerprint density at radius 2 is 1.92 bits per heavy atom. The minimum atomic E-state index is -4.69. The SMILES string of the molecule is CCS(=O)(=O)c1ccc(O[C@@H](C)C(F)(F)F)c(C(=O)N2Cc3cn(-c4cccc(C)c4F)nc3C2)c1. The Morgan fingerprint density at radius 1 is 1.19 bits per heavy atom. The zero-order chi connectivity index (χ0) is 26.4. The third kappa shape index (κ3) is 4.81. The summed E-state index contributed by atoms with van der Waals surface area (Å²) in [5, 5.41) is 4.37. The number of fused-ring (bicyclic) bond motifs is 1. The van der Waals surface area contributed by atoms with E-state index in [-0.39, 0.29) is 40.7 Å². The second-order valence-electron chi connectivity index (χ2n) is 8.48. The van der Waals surface area contributed by atoms with Gasteiger partial charge in [-0.05, 0) is 43.7 Å². The highest BCUT2D eigenvalue weighted by Crippen LogP contribution is 2.32. The maximum atomic E-state index is 14.5. The summed E-state index contributed by atoms with van der Waals surface area (Å²) in [6.07, 6.45) is -5.32. The Kier molecular flexibility index (Phi) is 6.58. The number of amides is 1. The second-order valence-corrected chi connectivity index (χ2v) is 10.8. The molecule has 0 spiro atoms. The van der Waals surface area contributed by atoms with Crippen LogP contribution in [-0.2, 0) is 22.9 Å². The lowest BCUT2D eigenvalue weighted by atomic mass is 10.1. The molecule has 0 bridgehead atoms. The fourth-order valence-corrected chi connectivity index (χ4v) is 4.70.